The Hall–Kier alpha value is -2.80. The van der Waals surface area contributed by atoms with Crippen molar-refractivity contribution < 1.29 is 4.42 Å². The molecule has 0 fully saturated rings. The molecule has 0 aromatic carbocycles. The van der Waals surface area contributed by atoms with Crippen LogP contribution in [0, 0.1) is 0 Å². The largest absolute Gasteiger partial charge is 0.440 e. The number of anilines is 1. The topological polar surface area (TPSA) is 90.7 Å². The van der Waals surface area contributed by atoms with Gasteiger partial charge >= 0.3 is 0 Å². The van der Waals surface area contributed by atoms with Crippen molar-refractivity contribution in [1.29, 1.82) is 0 Å². The Bertz CT molecular complexity index is 918. The van der Waals surface area contributed by atoms with Crippen molar-refractivity contribution in [2.24, 2.45) is 0 Å². The summed E-state index contributed by atoms with van der Waals surface area (Å²) in [5.41, 5.74) is 7.06. The summed E-state index contributed by atoms with van der Waals surface area (Å²) in [5, 5.41) is 0.860. The molecule has 0 radical (unpaired) electrons. The molecule has 22 heavy (non-hydrogen) atoms. The highest BCUT2D eigenvalue weighted by Gasteiger charge is 2.13. The van der Waals surface area contributed by atoms with Crippen LogP contribution in [0.3, 0.4) is 0 Å². The van der Waals surface area contributed by atoms with Crippen LogP contribution < -0.4 is 5.73 Å². The monoisotopic (exact) mass is 309 g/mol. The number of nitrogens with two attached hydrogens (primary N) is 1. The first kappa shape index (κ1) is 12.9. The highest BCUT2D eigenvalue weighted by molar-refractivity contribution is 7.18. The minimum atomic E-state index is 0.444. The van der Waals surface area contributed by atoms with E-state index in [0.29, 0.717) is 17.4 Å². The third-order valence-electron chi connectivity index (χ3n) is 3.21. The summed E-state index contributed by atoms with van der Waals surface area (Å²) in [4.78, 5) is 19.0. The lowest BCUT2D eigenvalue weighted by Crippen LogP contribution is -1.95. The smallest absolute Gasteiger partial charge is 0.200 e. The second kappa shape index (κ2) is 5.19. The average Bonchev–Trinajstić information content (AvgIpc) is 3.17. The number of pyridine rings is 1. The Morgan fingerprint density at radius 2 is 2.18 bits per heavy atom. The van der Waals surface area contributed by atoms with E-state index >= 15 is 0 Å². The molecule has 4 heterocycles. The zero-order valence-corrected chi connectivity index (χ0v) is 12.2. The van der Waals surface area contributed by atoms with E-state index < -0.39 is 0 Å². The van der Waals surface area contributed by atoms with Crippen molar-refractivity contribution in [3.05, 3.63) is 53.6 Å². The van der Waals surface area contributed by atoms with Crippen molar-refractivity contribution >= 4 is 27.4 Å². The van der Waals surface area contributed by atoms with Crippen LogP contribution in [0.15, 0.2) is 47.5 Å². The maximum absolute atomic E-state index is 6.05. The van der Waals surface area contributed by atoms with E-state index in [1.807, 2.05) is 24.3 Å². The predicted molar refractivity (Wildman–Crippen MR) is 84.4 cm³/mol. The molecule has 7 heteroatoms. The van der Waals surface area contributed by atoms with Crippen molar-refractivity contribution in [2.75, 3.05) is 5.73 Å². The lowest BCUT2D eigenvalue weighted by molar-refractivity contribution is 0.568. The summed E-state index contributed by atoms with van der Waals surface area (Å²) >= 11 is 1.58. The summed E-state index contributed by atoms with van der Waals surface area (Å²) in [6.07, 6.45) is 5.46. The van der Waals surface area contributed by atoms with Crippen molar-refractivity contribution in [3.63, 3.8) is 0 Å². The van der Waals surface area contributed by atoms with Crippen LogP contribution in [0.4, 0.5) is 5.82 Å². The molecule has 0 atom stereocenters. The zero-order valence-electron chi connectivity index (χ0n) is 11.4. The maximum Gasteiger partial charge on any atom is 0.200 e. The van der Waals surface area contributed by atoms with Gasteiger partial charge in [0.2, 0.25) is 5.82 Å². The standard InChI is InChI=1S/C15H11N5OS/c16-13-11-6-10(5-9-3-1-2-4-18-9)22-15(11)20-14(19-13)12-7-17-8-21-12/h1-4,6-8H,5H2,(H2,16,19,20). The summed E-state index contributed by atoms with van der Waals surface area (Å²) in [6, 6.07) is 7.90. The van der Waals surface area contributed by atoms with Gasteiger partial charge in [0, 0.05) is 23.2 Å². The average molecular weight is 309 g/mol. The van der Waals surface area contributed by atoms with Gasteiger partial charge in [0.05, 0.1) is 11.6 Å². The van der Waals surface area contributed by atoms with Gasteiger partial charge in [0.15, 0.2) is 12.2 Å². The molecular formula is C15H11N5OS. The Balaban J connectivity index is 1.76. The van der Waals surface area contributed by atoms with Crippen LogP contribution in [0.1, 0.15) is 10.6 Å². The quantitative estimate of drug-likeness (QED) is 0.625. The molecule has 6 nitrogen and oxygen atoms in total. The fourth-order valence-corrected chi connectivity index (χ4v) is 3.25. The molecule has 0 amide bonds. The molecule has 0 spiro atoms. The van der Waals surface area contributed by atoms with E-state index in [2.05, 4.69) is 19.9 Å². The highest BCUT2D eigenvalue weighted by atomic mass is 32.1. The molecule has 0 saturated heterocycles. The number of hydrogen-bond donors (Lipinski definition) is 1. The number of oxazole rings is 1. The summed E-state index contributed by atoms with van der Waals surface area (Å²) < 4.78 is 5.23. The van der Waals surface area contributed by atoms with Gasteiger partial charge in [-0.15, -0.1) is 11.3 Å². The molecule has 0 aliphatic heterocycles. The number of hydrogen-bond acceptors (Lipinski definition) is 7. The summed E-state index contributed by atoms with van der Waals surface area (Å²) in [6.45, 7) is 0. The van der Waals surface area contributed by atoms with Gasteiger partial charge < -0.3 is 10.2 Å². The number of nitrogens with zero attached hydrogens (tertiary/aromatic N) is 4. The van der Waals surface area contributed by atoms with Gasteiger partial charge in [-0.3, -0.25) is 4.98 Å². The number of aromatic nitrogens is 4. The van der Waals surface area contributed by atoms with Crippen LogP contribution in [0.2, 0.25) is 0 Å². The second-order valence-corrected chi connectivity index (χ2v) is 5.84. The third-order valence-corrected chi connectivity index (χ3v) is 4.24. The second-order valence-electron chi connectivity index (χ2n) is 4.73. The van der Waals surface area contributed by atoms with Crippen molar-refractivity contribution in [3.8, 4) is 11.6 Å². The molecule has 4 rings (SSSR count). The molecule has 0 aliphatic rings. The van der Waals surface area contributed by atoms with Gasteiger partial charge in [0.25, 0.3) is 0 Å². The lowest BCUT2D eigenvalue weighted by atomic mass is 10.2. The number of thiophene rings is 1. The molecule has 4 aromatic rings. The number of fused-ring (bicyclic) bond motifs is 1. The van der Waals surface area contributed by atoms with Gasteiger partial charge in [-0.25, -0.2) is 15.0 Å². The Morgan fingerprint density at radius 1 is 1.23 bits per heavy atom. The number of nitrogen functional groups attached to an aromatic ring is 1. The summed E-state index contributed by atoms with van der Waals surface area (Å²) in [5.74, 6) is 1.40. The Labute approximate surface area is 129 Å². The van der Waals surface area contributed by atoms with E-state index in [9.17, 15) is 0 Å². The van der Waals surface area contributed by atoms with Gasteiger partial charge in [-0.2, -0.15) is 0 Å². The first-order valence-electron chi connectivity index (χ1n) is 6.64. The molecule has 0 bridgehead atoms. The minimum absolute atomic E-state index is 0.444. The highest BCUT2D eigenvalue weighted by Crippen LogP contribution is 2.30. The molecule has 2 N–H and O–H groups in total. The lowest BCUT2D eigenvalue weighted by Gasteiger charge is -1.98. The predicted octanol–water partition coefficient (Wildman–Crippen LogP) is 2.91. The van der Waals surface area contributed by atoms with E-state index in [0.717, 1.165) is 27.2 Å². The molecule has 4 aromatic heterocycles. The van der Waals surface area contributed by atoms with Crippen LogP contribution in [-0.2, 0) is 6.42 Å². The van der Waals surface area contributed by atoms with Gasteiger partial charge in [-0.05, 0) is 18.2 Å². The molecule has 0 aliphatic carbocycles. The Kier molecular flexibility index (Phi) is 3.05. The van der Waals surface area contributed by atoms with E-state index in [4.69, 9.17) is 10.2 Å². The van der Waals surface area contributed by atoms with E-state index in [1.54, 1.807) is 23.7 Å². The van der Waals surface area contributed by atoms with Crippen LogP contribution in [-0.4, -0.2) is 19.9 Å². The van der Waals surface area contributed by atoms with Crippen LogP contribution in [0.25, 0.3) is 21.8 Å². The SMILES string of the molecule is Nc1nc(-c2cnco2)nc2sc(Cc3ccccn3)cc12. The first-order valence-corrected chi connectivity index (χ1v) is 7.46. The summed E-state index contributed by atoms with van der Waals surface area (Å²) in [7, 11) is 0. The normalized spacial score (nSPS) is 11.1. The van der Waals surface area contributed by atoms with E-state index in [-0.39, 0.29) is 0 Å². The Morgan fingerprint density at radius 3 is 2.95 bits per heavy atom. The van der Waals surface area contributed by atoms with Gasteiger partial charge in [-0.1, -0.05) is 6.07 Å². The molecule has 0 saturated carbocycles. The molecule has 108 valence electrons. The molecular weight excluding hydrogens is 298 g/mol. The first-order chi connectivity index (χ1) is 10.8. The fourth-order valence-electron chi connectivity index (χ4n) is 2.20. The zero-order chi connectivity index (χ0) is 14.9. The van der Waals surface area contributed by atoms with Crippen molar-refractivity contribution in [1.82, 2.24) is 19.9 Å². The maximum atomic E-state index is 6.05. The minimum Gasteiger partial charge on any atom is -0.440 e. The van der Waals surface area contributed by atoms with Gasteiger partial charge in [0.1, 0.15) is 10.6 Å². The molecule has 0 unspecified atom stereocenters. The number of rotatable bonds is 3. The van der Waals surface area contributed by atoms with E-state index in [1.165, 1.54) is 6.39 Å². The van der Waals surface area contributed by atoms with Crippen LogP contribution >= 0.6 is 11.3 Å². The van der Waals surface area contributed by atoms with Crippen LogP contribution in [0.5, 0.6) is 0 Å². The fraction of sp³-hybridized carbons (Fsp3) is 0.0667. The third kappa shape index (κ3) is 2.31. The van der Waals surface area contributed by atoms with Crippen molar-refractivity contribution in [2.45, 2.75) is 6.42 Å².